The van der Waals surface area contributed by atoms with E-state index in [2.05, 4.69) is 22.4 Å². The van der Waals surface area contributed by atoms with Crippen LogP contribution in [0.1, 0.15) is 61.1 Å². The van der Waals surface area contributed by atoms with Crippen LogP contribution < -0.4 is 11.1 Å². The van der Waals surface area contributed by atoms with Crippen LogP contribution in [-0.2, 0) is 0 Å². The topological polar surface area (TPSA) is 83.8 Å². The molecule has 2 aliphatic carbocycles. The number of nitrogens with one attached hydrogen (secondary N) is 2. The molecule has 0 saturated heterocycles. The molecule has 2 aliphatic rings. The zero-order chi connectivity index (χ0) is 14.1. The van der Waals surface area contributed by atoms with Gasteiger partial charge in [-0.2, -0.15) is 16.9 Å². The molecule has 2 fully saturated rings. The van der Waals surface area contributed by atoms with Crippen molar-refractivity contribution in [1.82, 2.24) is 15.5 Å². The zero-order valence-corrected chi connectivity index (χ0v) is 12.6. The Kier molecular flexibility index (Phi) is 3.92. The van der Waals surface area contributed by atoms with Crippen molar-refractivity contribution in [3.8, 4) is 0 Å². The summed E-state index contributed by atoms with van der Waals surface area (Å²) in [6, 6.07) is 0.257. The van der Waals surface area contributed by atoms with Gasteiger partial charge in [-0.3, -0.25) is 9.89 Å². The first-order chi connectivity index (χ1) is 9.70. The summed E-state index contributed by atoms with van der Waals surface area (Å²) in [5, 5.41) is 10.7. The first-order valence-electron chi connectivity index (χ1n) is 7.47. The fourth-order valence-electron chi connectivity index (χ4n) is 2.96. The molecule has 1 amide bonds. The number of nitrogens with zero attached hydrogens (tertiary/aromatic N) is 1. The molecule has 1 aromatic rings. The summed E-state index contributed by atoms with van der Waals surface area (Å²) in [5.41, 5.74) is 7.92. The summed E-state index contributed by atoms with van der Waals surface area (Å²) in [4.78, 5) is 12.3. The number of carbonyl (C=O) groups excluding carboxylic acids is 1. The molecule has 2 saturated carbocycles. The molecule has 0 spiro atoms. The number of rotatable bonds is 5. The molecule has 0 aliphatic heterocycles. The van der Waals surface area contributed by atoms with Gasteiger partial charge in [0.25, 0.3) is 5.91 Å². The van der Waals surface area contributed by atoms with Gasteiger partial charge in [0.1, 0.15) is 0 Å². The largest absolute Gasteiger partial charge is 0.395 e. The van der Waals surface area contributed by atoms with Gasteiger partial charge >= 0.3 is 0 Å². The van der Waals surface area contributed by atoms with Crippen LogP contribution in [0.4, 0.5) is 5.69 Å². The lowest BCUT2D eigenvalue weighted by Crippen LogP contribution is -2.39. The molecular weight excluding hydrogens is 272 g/mol. The fourth-order valence-corrected chi connectivity index (χ4v) is 4.16. The Bertz CT molecular complexity index is 497. The number of carbonyl (C=O) groups is 1. The molecule has 2 atom stereocenters. The molecule has 4 N–H and O–H groups in total. The van der Waals surface area contributed by atoms with Crippen molar-refractivity contribution in [1.29, 1.82) is 0 Å². The number of amides is 1. The number of aromatic amines is 1. The molecule has 1 aromatic heterocycles. The highest BCUT2D eigenvalue weighted by Crippen LogP contribution is 2.42. The Morgan fingerprint density at radius 3 is 2.95 bits per heavy atom. The van der Waals surface area contributed by atoms with Gasteiger partial charge < -0.3 is 11.1 Å². The van der Waals surface area contributed by atoms with E-state index in [9.17, 15) is 4.79 Å². The van der Waals surface area contributed by atoms with E-state index < -0.39 is 0 Å². The van der Waals surface area contributed by atoms with Crippen LogP contribution in [0, 0.1) is 0 Å². The normalized spacial score (nSPS) is 25.9. The third-order valence-electron chi connectivity index (χ3n) is 4.18. The van der Waals surface area contributed by atoms with Crippen molar-refractivity contribution in [3.63, 3.8) is 0 Å². The number of nitrogens with two attached hydrogens (primary N) is 1. The third kappa shape index (κ3) is 2.66. The van der Waals surface area contributed by atoms with Crippen molar-refractivity contribution in [3.05, 3.63) is 11.4 Å². The zero-order valence-electron chi connectivity index (χ0n) is 11.8. The van der Waals surface area contributed by atoms with Gasteiger partial charge in [0.05, 0.1) is 11.4 Å². The summed E-state index contributed by atoms with van der Waals surface area (Å²) in [5.74, 6) is 1.45. The molecule has 20 heavy (non-hydrogen) atoms. The Balaban J connectivity index is 1.66. The molecule has 110 valence electrons. The lowest BCUT2D eigenvalue weighted by atomic mass is 10.2. The maximum absolute atomic E-state index is 12.3. The number of nitrogen functional groups attached to an aromatic ring is 1. The number of hydrogen-bond donors (Lipinski definition) is 3. The summed E-state index contributed by atoms with van der Waals surface area (Å²) in [6.45, 7) is 2.16. The smallest absolute Gasteiger partial charge is 0.274 e. The van der Waals surface area contributed by atoms with Gasteiger partial charge in [0, 0.05) is 17.2 Å². The van der Waals surface area contributed by atoms with Crippen LogP contribution in [0.5, 0.6) is 0 Å². The molecule has 2 unspecified atom stereocenters. The molecule has 1 heterocycles. The highest BCUT2D eigenvalue weighted by atomic mass is 32.2. The number of H-pyrrole nitrogens is 1. The monoisotopic (exact) mass is 294 g/mol. The van der Waals surface area contributed by atoms with E-state index in [-0.39, 0.29) is 11.9 Å². The molecule has 3 rings (SSSR count). The summed E-state index contributed by atoms with van der Waals surface area (Å²) in [6.07, 6.45) is 5.72. The SMILES string of the molecule is CCSC1CCCC1NC(=O)c1n[nH]c(C2CC2)c1N. The van der Waals surface area contributed by atoms with Gasteiger partial charge in [-0.15, -0.1) is 0 Å². The van der Waals surface area contributed by atoms with Crippen molar-refractivity contribution in [2.75, 3.05) is 11.5 Å². The van der Waals surface area contributed by atoms with Gasteiger partial charge in [-0.25, -0.2) is 0 Å². The van der Waals surface area contributed by atoms with Gasteiger partial charge in [-0.1, -0.05) is 13.3 Å². The van der Waals surface area contributed by atoms with Gasteiger partial charge in [-0.05, 0) is 31.4 Å². The average Bonchev–Trinajstić information content (AvgIpc) is 3.06. The van der Waals surface area contributed by atoms with Crippen molar-refractivity contribution in [2.24, 2.45) is 0 Å². The lowest BCUT2D eigenvalue weighted by Gasteiger charge is -2.19. The number of thioether (sulfide) groups is 1. The molecule has 5 nitrogen and oxygen atoms in total. The first kappa shape index (κ1) is 13.8. The van der Waals surface area contributed by atoms with E-state index in [1.807, 2.05) is 11.8 Å². The maximum Gasteiger partial charge on any atom is 0.274 e. The number of hydrogen-bond acceptors (Lipinski definition) is 4. The second kappa shape index (κ2) is 5.68. The highest BCUT2D eigenvalue weighted by molar-refractivity contribution is 7.99. The van der Waals surface area contributed by atoms with Crippen LogP contribution in [0.15, 0.2) is 0 Å². The van der Waals surface area contributed by atoms with Crippen molar-refractivity contribution >= 4 is 23.4 Å². The van der Waals surface area contributed by atoms with Crippen LogP contribution >= 0.6 is 11.8 Å². The Morgan fingerprint density at radius 2 is 2.25 bits per heavy atom. The third-order valence-corrected chi connectivity index (χ3v) is 5.51. The first-order valence-corrected chi connectivity index (χ1v) is 8.51. The van der Waals surface area contributed by atoms with Crippen molar-refractivity contribution in [2.45, 2.75) is 56.2 Å². The van der Waals surface area contributed by atoms with Gasteiger partial charge in [0.2, 0.25) is 0 Å². The molecule has 0 aromatic carbocycles. The molecule has 0 radical (unpaired) electrons. The van der Waals surface area contributed by atoms with E-state index in [4.69, 9.17) is 5.73 Å². The maximum atomic E-state index is 12.3. The summed E-state index contributed by atoms with van der Waals surface area (Å²) < 4.78 is 0. The summed E-state index contributed by atoms with van der Waals surface area (Å²) >= 11 is 1.93. The van der Waals surface area contributed by atoms with Crippen LogP contribution in [0.25, 0.3) is 0 Å². The molecule has 0 bridgehead atoms. The number of aromatic nitrogens is 2. The minimum absolute atomic E-state index is 0.126. The predicted octanol–water partition coefficient (Wildman–Crippen LogP) is 2.27. The minimum Gasteiger partial charge on any atom is -0.395 e. The van der Waals surface area contributed by atoms with Gasteiger partial charge in [0.15, 0.2) is 5.69 Å². The Morgan fingerprint density at radius 1 is 1.45 bits per heavy atom. The molecule has 6 heteroatoms. The van der Waals surface area contributed by atoms with E-state index >= 15 is 0 Å². The minimum atomic E-state index is -0.126. The fraction of sp³-hybridized carbons (Fsp3) is 0.714. The van der Waals surface area contributed by atoms with E-state index in [0.29, 0.717) is 22.5 Å². The quantitative estimate of drug-likeness (QED) is 0.778. The molecular formula is C14H22N4OS. The van der Waals surface area contributed by atoms with E-state index in [1.165, 1.54) is 12.8 Å². The van der Waals surface area contributed by atoms with E-state index in [1.54, 1.807) is 0 Å². The van der Waals surface area contributed by atoms with Crippen molar-refractivity contribution < 1.29 is 4.79 Å². The Hall–Kier alpha value is -1.17. The number of anilines is 1. The van der Waals surface area contributed by atoms with E-state index in [0.717, 1.165) is 30.7 Å². The summed E-state index contributed by atoms with van der Waals surface area (Å²) in [7, 11) is 0. The predicted molar refractivity (Wildman–Crippen MR) is 82.0 cm³/mol. The van der Waals surface area contributed by atoms with Crippen LogP contribution in [0.3, 0.4) is 0 Å². The Labute approximate surface area is 123 Å². The van der Waals surface area contributed by atoms with Crippen LogP contribution in [0.2, 0.25) is 0 Å². The second-order valence-corrected chi connectivity index (χ2v) is 7.19. The van der Waals surface area contributed by atoms with Crippen LogP contribution in [-0.4, -0.2) is 33.1 Å². The lowest BCUT2D eigenvalue weighted by molar-refractivity contribution is 0.0934. The average molecular weight is 294 g/mol. The standard InChI is InChI=1S/C14H22N4OS/c1-2-20-10-5-3-4-9(10)16-14(19)13-11(15)12(17-18-13)8-6-7-8/h8-10H,2-7,15H2,1H3,(H,16,19)(H,17,18). The highest BCUT2D eigenvalue weighted by Gasteiger charge is 2.33. The second-order valence-electron chi connectivity index (χ2n) is 5.68.